The number of aromatic nitrogens is 2. The van der Waals surface area contributed by atoms with Crippen molar-refractivity contribution >= 4 is 17.6 Å². The molecular weight excluding hydrogens is 214 g/mol. The van der Waals surface area contributed by atoms with E-state index >= 15 is 0 Å². The average Bonchev–Trinajstić information content (AvgIpc) is 2.27. The van der Waals surface area contributed by atoms with E-state index in [0.717, 1.165) is 0 Å². The second-order valence-electron chi connectivity index (χ2n) is 3.88. The van der Waals surface area contributed by atoms with Gasteiger partial charge in [0.25, 0.3) is 0 Å². The lowest BCUT2D eigenvalue weighted by atomic mass is 10.1. The highest BCUT2D eigenvalue weighted by Crippen LogP contribution is 2.11. The third kappa shape index (κ3) is 3.07. The van der Waals surface area contributed by atoms with Gasteiger partial charge in [-0.2, -0.15) is 9.97 Å². The first-order chi connectivity index (χ1) is 8.13. The fourth-order valence-corrected chi connectivity index (χ4v) is 1.47. The van der Waals surface area contributed by atoms with E-state index in [1.807, 2.05) is 0 Å². The van der Waals surface area contributed by atoms with Gasteiger partial charge in [-0.25, -0.2) is 0 Å². The first-order valence-electron chi connectivity index (χ1n) is 5.33. The Balaban J connectivity index is 2.04. The number of nitrogens with zero attached hydrogens (tertiary/aromatic N) is 2. The van der Waals surface area contributed by atoms with Gasteiger partial charge in [-0.05, 0) is 12.5 Å². The average molecular weight is 229 g/mol. The fraction of sp³-hybridized carbons (Fsp3) is 0.167. The molecule has 2 aromatic rings. The highest BCUT2D eigenvalue weighted by Gasteiger charge is 1.99. The molecule has 0 bridgehead atoms. The van der Waals surface area contributed by atoms with E-state index in [1.54, 1.807) is 6.07 Å². The lowest BCUT2D eigenvalue weighted by Gasteiger charge is -2.07. The molecule has 0 unspecified atom stereocenters. The molecule has 0 saturated heterocycles. The van der Waals surface area contributed by atoms with E-state index in [-0.39, 0.29) is 5.95 Å². The molecule has 88 valence electrons. The summed E-state index contributed by atoms with van der Waals surface area (Å²) in [6.45, 7) is 2.74. The summed E-state index contributed by atoms with van der Waals surface area (Å²) in [5.74, 6) is 1.18. The van der Waals surface area contributed by atoms with Crippen LogP contribution in [0.2, 0.25) is 0 Å². The minimum Gasteiger partial charge on any atom is -0.383 e. The van der Waals surface area contributed by atoms with Crippen molar-refractivity contribution in [2.24, 2.45) is 0 Å². The Bertz CT molecular complexity index is 487. The number of hydrogen-bond donors (Lipinski definition) is 3. The van der Waals surface area contributed by atoms with Crippen LogP contribution in [0.3, 0.4) is 0 Å². The van der Waals surface area contributed by atoms with Gasteiger partial charge in [-0.15, -0.1) is 0 Å². The number of rotatable bonds is 3. The zero-order valence-corrected chi connectivity index (χ0v) is 9.64. The van der Waals surface area contributed by atoms with Crippen molar-refractivity contribution in [2.45, 2.75) is 13.5 Å². The van der Waals surface area contributed by atoms with Crippen LogP contribution in [0.15, 0.2) is 30.3 Å². The molecule has 1 heterocycles. The number of hydrogen-bond acceptors (Lipinski definition) is 5. The molecule has 0 saturated carbocycles. The quantitative estimate of drug-likeness (QED) is 0.743. The number of benzene rings is 1. The molecule has 0 radical (unpaired) electrons. The van der Waals surface area contributed by atoms with Gasteiger partial charge in [0.1, 0.15) is 11.6 Å². The summed E-state index contributed by atoms with van der Waals surface area (Å²) in [4.78, 5) is 7.85. The van der Waals surface area contributed by atoms with E-state index in [4.69, 9.17) is 11.5 Å². The molecule has 0 amide bonds. The van der Waals surface area contributed by atoms with Crippen molar-refractivity contribution in [3.63, 3.8) is 0 Å². The highest BCUT2D eigenvalue weighted by molar-refractivity contribution is 5.48. The lowest BCUT2D eigenvalue weighted by Crippen LogP contribution is -2.06. The van der Waals surface area contributed by atoms with Gasteiger partial charge in [0.2, 0.25) is 5.95 Å². The van der Waals surface area contributed by atoms with E-state index in [9.17, 15) is 0 Å². The second kappa shape index (κ2) is 4.69. The van der Waals surface area contributed by atoms with Crippen molar-refractivity contribution in [3.05, 3.63) is 41.5 Å². The van der Waals surface area contributed by atoms with Crippen LogP contribution in [0.1, 0.15) is 11.1 Å². The summed E-state index contributed by atoms with van der Waals surface area (Å²) in [6.07, 6.45) is 0. The van der Waals surface area contributed by atoms with E-state index in [2.05, 4.69) is 46.5 Å². The zero-order valence-electron chi connectivity index (χ0n) is 9.64. The fourth-order valence-electron chi connectivity index (χ4n) is 1.47. The Morgan fingerprint density at radius 1 is 1.12 bits per heavy atom. The van der Waals surface area contributed by atoms with Gasteiger partial charge in [0, 0.05) is 12.6 Å². The van der Waals surface area contributed by atoms with Crippen LogP contribution in [-0.4, -0.2) is 9.97 Å². The SMILES string of the molecule is Cc1ccc(CNc2cc(N)nc(N)n2)cc1. The number of aryl methyl sites for hydroxylation is 1. The van der Waals surface area contributed by atoms with Crippen LogP contribution in [0.25, 0.3) is 0 Å². The number of nitrogens with one attached hydrogen (secondary N) is 1. The normalized spacial score (nSPS) is 10.2. The summed E-state index contributed by atoms with van der Waals surface area (Å²) in [5, 5.41) is 3.15. The minimum absolute atomic E-state index is 0.177. The summed E-state index contributed by atoms with van der Waals surface area (Å²) in [5.41, 5.74) is 13.5. The van der Waals surface area contributed by atoms with Crippen LogP contribution in [0.5, 0.6) is 0 Å². The maximum Gasteiger partial charge on any atom is 0.223 e. The van der Waals surface area contributed by atoms with Crippen molar-refractivity contribution in [1.82, 2.24) is 9.97 Å². The monoisotopic (exact) mass is 229 g/mol. The Hall–Kier alpha value is -2.30. The van der Waals surface area contributed by atoms with Crippen molar-refractivity contribution in [3.8, 4) is 0 Å². The predicted octanol–water partition coefficient (Wildman–Crippen LogP) is 1.56. The van der Waals surface area contributed by atoms with Gasteiger partial charge < -0.3 is 16.8 Å². The van der Waals surface area contributed by atoms with Gasteiger partial charge in [0.15, 0.2) is 0 Å². The molecular formula is C12H15N5. The van der Waals surface area contributed by atoms with E-state index in [1.165, 1.54) is 11.1 Å². The summed E-state index contributed by atoms with van der Waals surface area (Å²) in [7, 11) is 0. The standard InChI is InChI=1S/C12H15N5/c1-8-2-4-9(5-3-8)7-15-11-6-10(13)16-12(14)17-11/h2-6H,7H2,1H3,(H5,13,14,15,16,17). The highest BCUT2D eigenvalue weighted by atomic mass is 15.1. The van der Waals surface area contributed by atoms with Crippen LogP contribution < -0.4 is 16.8 Å². The van der Waals surface area contributed by atoms with Gasteiger partial charge >= 0.3 is 0 Å². The third-order valence-corrected chi connectivity index (χ3v) is 2.36. The maximum atomic E-state index is 5.58. The molecule has 0 spiro atoms. The molecule has 0 aliphatic heterocycles. The Morgan fingerprint density at radius 3 is 2.47 bits per heavy atom. The van der Waals surface area contributed by atoms with Crippen LogP contribution in [0, 0.1) is 6.92 Å². The van der Waals surface area contributed by atoms with Gasteiger partial charge in [-0.1, -0.05) is 29.8 Å². The molecule has 0 fully saturated rings. The first kappa shape index (κ1) is 11.2. The second-order valence-corrected chi connectivity index (χ2v) is 3.88. The molecule has 0 aliphatic rings. The number of nitrogens with two attached hydrogens (primary N) is 2. The van der Waals surface area contributed by atoms with Crippen molar-refractivity contribution in [1.29, 1.82) is 0 Å². The molecule has 2 rings (SSSR count). The topological polar surface area (TPSA) is 89.8 Å². The first-order valence-corrected chi connectivity index (χ1v) is 5.33. The van der Waals surface area contributed by atoms with E-state index < -0.39 is 0 Å². The largest absolute Gasteiger partial charge is 0.383 e. The van der Waals surface area contributed by atoms with Crippen LogP contribution in [0.4, 0.5) is 17.6 Å². The molecule has 5 N–H and O–H groups in total. The molecule has 5 nitrogen and oxygen atoms in total. The van der Waals surface area contributed by atoms with Crippen molar-refractivity contribution in [2.75, 3.05) is 16.8 Å². The van der Waals surface area contributed by atoms with Crippen molar-refractivity contribution < 1.29 is 0 Å². The smallest absolute Gasteiger partial charge is 0.223 e. The van der Waals surface area contributed by atoms with E-state index in [0.29, 0.717) is 18.2 Å². The Kier molecular flexibility index (Phi) is 3.09. The minimum atomic E-state index is 0.177. The summed E-state index contributed by atoms with van der Waals surface area (Å²) in [6, 6.07) is 9.93. The summed E-state index contributed by atoms with van der Waals surface area (Å²) < 4.78 is 0. The number of nitrogen functional groups attached to an aromatic ring is 2. The summed E-state index contributed by atoms with van der Waals surface area (Å²) >= 11 is 0. The molecule has 17 heavy (non-hydrogen) atoms. The molecule has 0 aliphatic carbocycles. The molecule has 5 heteroatoms. The lowest BCUT2D eigenvalue weighted by molar-refractivity contribution is 1.09. The molecule has 1 aromatic carbocycles. The molecule has 1 aromatic heterocycles. The zero-order chi connectivity index (χ0) is 12.3. The number of anilines is 3. The molecule has 0 atom stereocenters. The maximum absolute atomic E-state index is 5.58. The predicted molar refractivity (Wildman–Crippen MR) is 69.4 cm³/mol. The van der Waals surface area contributed by atoms with Crippen LogP contribution >= 0.6 is 0 Å². The Morgan fingerprint density at radius 2 is 1.82 bits per heavy atom. The van der Waals surface area contributed by atoms with Crippen LogP contribution in [-0.2, 0) is 6.54 Å². The van der Waals surface area contributed by atoms with Gasteiger partial charge in [0.05, 0.1) is 0 Å². The third-order valence-electron chi connectivity index (χ3n) is 2.36. The Labute approximate surface area is 99.9 Å². The van der Waals surface area contributed by atoms with Gasteiger partial charge in [-0.3, -0.25) is 0 Å².